The van der Waals surface area contributed by atoms with Crippen LogP contribution in [0.15, 0.2) is 18.2 Å². The first-order valence-corrected chi connectivity index (χ1v) is 7.16. The fraction of sp³-hybridized carbons (Fsp3) is 0.533. The van der Waals surface area contributed by atoms with Gasteiger partial charge in [0.2, 0.25) is 0 Å². The van der Waals surface area contributed by atoms with Crippen LogP contribution in [0.2, 0.25) is 0 Å². The van der Waals surface area contributed by atoms with E-state index in [2.05, 4.69) is 10.2 Å². The number of halogens is 1. The highest BCUT2D eigenvalue weighted by molar-refractivity contribution is 5.98. The third-order valence-corrected chi connectivity index (χ3v) is 3.88. The number of nitrogens with zero attached hydrogens (tertiary/aromatic N) is 1. The number of amides is 1. The van der Waals surface area contributed by atoms with Crippen LogP contribution in [0, 0.1) is 11.7 Å². The molecule has 1 heterocycles. The van der Waals surface area contributed by atoms with Crippen molar-refractivity contribution in [2.24, 2.45) is 11.7 Å². The minimum Gasteiger partial charge on any atom is -0.371 e. The quantitative estimate of drug-likeness (QED) is 0.863. The van der Waals surface area contributed by atoms with Gasteiger partial charge in [0.25, 0.3) is 5.91 Å². The summed E-state index contributed by atoms with van der Waals surface area (Å²) in [5.74, 6) is -0.411. The van der Waals surface area contributed by atoms with E-state index in [-0.39, 0.29) is 5.56 Å². The van der Waals surface area contributed by atoms with Crippen LogP contribution in [0.4, 0.5) is 10.1 Å². The second-order valence-electron chi connectivity index (χ2n) is 5.26. The molecule has 0 aromatic heterocycles. The molecule has 1 aromatic rings. The fourth-order valence-electron chi connectivity index (χ4n) is 2.76. The van der Waals surface area contributed by atoms with Crippen LogP contribution in [0.5, 0.6) is 0 Å². The monoisotopic (exact) mass is 279 g/mol. The highest BCUT2D eigenvalue weighted by Crippen LogP contribution is 2.24. The van der Waals surface area contributed by atoms with Gasteiger partial charge in [-0.05, 0) is 57.0 Å². The Morgan fingerprint density at radius 1 is 1.45 bits per heavy atom. The average molecular weight is 279 g/mol. The van der Waals surface area contributed by atoms with Crippen molar-refractivity contribution in [3.05, 3.63) is 29.6 Å². The zero-order valence-electron chi connectivity index (χ0n) is 11.9. The number of rotatable bonds is 5. The molecular formula is C15H22FN3O. The van der Waals surface area contributed by atoms with Gasteiger partial charge < -0.3 is 16.0 Å². The van der Waals surface area contributed by atoms with E-state index in [0.717, 1.165) is 44.7 Å². The summed E-state index contributed by atoms with van der Waals surface area (Å²) < 4.78 is 13.3. The molecule has 5 heteroatoms. The van der Waals surface area contributed by atoms with Crippen molar-refractivity contribution in [3.63, 3.8) is 0 Å². The summed E-state index contributed by atoms with van der Waals surface area (Å²) in [6.45, 7) is 5.76. The van der Waals surface area contributed by atoms with Crippen molar-refractivity contribution in [1.29, 1.82) is 0 Å². The maximum atomic E-state index is 13.3. The molecular weight excluding hydrogens is 257 g/mol. The van der Waals surface area contributed by atoms with E-state index in [4.69, 9.17) is 5.73 Å². The number of primary amides is 1. The highest BCUT2D eigenvalue weighted by atomic mass is 19.1. The van der Waals surface area contributed by atoms with E-state index in [1.165, 1.54) is 12.1 Å². The zero-order chi connectivity index (χ0) is 14.5. The number of anilines is 1. The van der Waals surface area contributed by atoms with Crippen LogP contribution >= 0.6 is 0 Å². The SMILES string of the molecule is CCN(CC1CCNCC1)c1ccc(F)cc1C(N)=O. The smallest absolute Gasteiger partial charge is 0.250 e. The molecule has 4 nitrogen and oxygen atoms in total. The van der Waals surface area contributed by atoms with E-state index in [1.54, 1.807) is 6.07 Å². The minimum absolute atomic E-state index is 0.265. The predicted octanol–water partition coefficient (Wildman–Crippen LogP) is 1.75. The van der Waals surface area contributed by atoms with Crippen LogP contribution < -0.4 is 16.0 Å². The predicted molar refractivity (Wildman–Crippen MR) is 78.4 cm³/mol. The van der Waals surface area contributed by atoms with Gasteiger partial charge in [0, 0.05) is 18.8 Å². The third-order valence-electron chi connectivity index (χ3n) is 3.88. The molecule has 1 saturated heterocycles. The number of benzene rings is 1. The first-order chi connectivity index (χ1) is 9.61. The molecule has 0 atom stereocenters. The number of carbonyl (C=O) groups excluding carboxylic acids is 1. The van der Waals surface area contributed by atoms with Crippen LogP contribution in [0.25, 0.3) is 0 Å². The third kappa shape index (κ3) is 3.48. The van der Waals surface area contributed by atoms with Crippen LogP contribution in [-0.4, -0.2) is 32.1 Å². The summed E-state index contributed by atoms with van der Waals surface area (Å²) in [4.78, 5) is 13.6. The van der Waals surface area contributed by atoms with Crippen molar-refractivity contribution < 1.29 is 9.18 Å². The van der Waals surface area contributed by atoms with E-state index < -0.39 is 11.7 Å². The molecule has 0 unspecified atom stereocenters. The summed E-state index contributed by atoms with van der Waals surface area (Å²) >= 11 is 0. The van der Waals surface area contributed by atoms with E-state index >= 15 is 0 Å². The molecule has 3 N–H and O–H groups in total. The average Bonchev–Trinajstić information content (AvgIpc) is 2.46. The van der Waals surface area contributed by atoms with Gasteiger partial charge in [-0.2, -0.15) is 0 Å². The maximum absolute atomic E-state index is 13.3. The molecule has 1 amide bonds. The Bertz CT molecular complexity index is 472. The Kier molecular flexibility index (Phi) is 4.95. The number of hydrogen-bond acceptors (Lipinski definition) is 3. The van der Waals surface area contributed by atoms with Crippen molar-refractivity contribution in [3.8, 4) is 0 Å². The molecule has 20 heavy (non-hydrogen) atoms. The van der Waals surface area contributed by atoms with Crippen molar-refractivity contribution >= 4 is 11.6 Å². The standard InChI is InChI=1S/C15H22FN3O/c1-2-19(10-11-5-7-18-8-6-11)14-4-3-12(16)9-13(14)15(17)20/h3-4,9,11,18H,2,5-8,10H2,1H3,(H2,17,20). The minimum atomic E-state index is -0.580. The lowest BCUT2D eigenvalue weighted by atomic mass is 9.97. The van der Waals surface area contributed by atoms with Gasteiger partial charge in [-0.15, -0.1) is 0 Å². The lowest BCUT2D eigenvalue weighted by molar-refractivity contribution is 0.1000. The van der Waals surface area contributed by atoms with Gasteiger partial charge in [0.05, 0.1) is 5.56 Å². The topological polar surface area (TPSA) is 58.4 Å². The number of piperidine rings is 1. The van der Waals surface area contributed by atoms with Gasteiger partial charge in [0.1, 0.15) is 5.82 Å². The number of hydrogen-bond donors (Lipinski definition) is 2. The van der Waals surface area contributed by atoms with Gasteiger partial charge >= 0.3 is 0 Å². The Labute approximate surface area is 119 Å². The van der Waals surface area contributed by atoms with Crippen molar-refractivity contribution in [1.82, 2.24) is 5.32 Å². The van der Waals surface area contributed by atoms with Crippen LogP contribution in [0.1, 0.15) is 30.1 Å². The Morgan fingerprint density at radius 2 is 2.15 bits per heavy atom. The second-order valence-corrected chi connectivity index (χ2v) is 5.26. The Hall–Kier alpha value is -1.62. The molecule has 1 aliphatic heterocycles. The molecule has 1 aliphatic rings. The lowest BCUT2D eigenvalue weighted by Crippen LogP contribution is -2.37. The molecule has 0 aliphatic carbocycles. The first-order valence-electron chi connectivity index (χ1n) is 7.16. The molecule has 1 aromatic carbocycles. The molecule has 0 saturated carbocycles. The summed E-state index contributed by atoms with van der Waals surface area (Å²) in [7, 11) is 0. The second kappa shape index (κ2) is 6.70. The molecule has 0 bridgehead atoms. The Morgan fingerprint density at radius 3 is 2.75 bits per heavy atom. The van der Waals surface area contributed by atoms with Gasteiger partial charge in [0.15, 0.2) is 0 Å². The number of nitrogens with one attached hydrogen (secondary N) is 1. The van der Waals surface area contributed by atoms with Crippen LogP contribution in [-0.2, 0) is 0 Å². The van der Waals surface area contributed by atoms with E-state index in [1.807, 2.05) is 6.92 Å². The van der Waals surface area contributed by atoms with Gasteiger partial charge in [-0.1, -0.05) is 0 Å². The number of carbonyl (C=O) groups is 1. The maximum Gasteiger partial charge on any atom is 0.250 e. The Balaban J connectivity index is 2.19. The van der Waals surface area contributed by atoms with E-state index in [0.29, 0.717) is 5.92 Å². The fourth-order valence-corrected chi connectivity index (χ4v) is 2.76. The molecule has 1 fully saturated rings. The summed E-state index contributed by atoms with van der Waals surface area (Å²) in [6, 6.07) is 4.26. The molecule has 2 rings (SSSR count). The van der Waals surface area contributed by atoms with E-state index in [9.17, 15) is 9.18 Å². The summed E-state index contributed by atoms with van der Waals surface area (Å²) in [5, 5.41) is 3.34. The van der Waals surface area contributed by atoms with Gasteiger partial charge in [-0.25, -0.2) is 4.39 Å². The molecule has 110 valence electrons. The van der Waals surface area contributed by atoms with Crippen molar-refractivity contribution in [2.75, 3.05) is 31.1 Å². The first kappa shape index (κ1) is 14.8. The van der Waals surface area contributed by atoms with Crippen LogP contribution in [0.3, 0.4) is 0 Å². The molecule has 0 spiro atoms. The normalized spacial score (nSPS) is 16.1. The molecule has 0 radical (unpaired) electrons. The number of nitrogens with two attached hydrogens (primary N) is 1. The van der Waals surface area contributed by atoms with Crippen molar-refractivity contribution in [2.45, 2.75) is 19.8 Å². The highest BCUT2D eigenvalue weighted by Gasteiger charge is 2.20. The zero-order valence-corrected chi connectivity index (χ0v) is 11.9. The summed E-state index contributed by atoms with van der Waals surface area (Å²) in [5.41, 5.74) is 6.37. The summed E-state index contributed by atoms with van der Waals surface area (Å²) in [6.07, 6.45) is 2.26. The lowest BCUT2D eigenvalue weighted by Gasteiger charge is -2.31. The van der Waals surface area contributed by atoms with Gasteiger partial charge in [-0.3, -0.25) is 4.79 Å². The largest absolute Gasteiger partial charge is 0.371 e.